The number of rotatable bonds is 11. The summed E-state index contributed by atoms with van der Waals surface area (Å²) < 4.78 is 17.8. The minimum Gasteiger partial charge on any atom is -0.466 e. The Hall–Kier alpha value is -2.91. The van der Waals surface area contributed by atoms with E-state index in [1.54, 1.807) is 25.0 Å². The topological polar surface area (TPSA) is 68.5 Å². The fraction of sp³-hybridized carbons (Fsp3) is 0.435. The predicted octanol–water partition coefficient (Wildman–Crippen LogP) is 4.27. The second-order valence-electron chi connectivity index (χ2n) is 8.05. The van der Waals surface area contributed by atoms with Gasteiger partial charge in [0.2, 0.25) is 11.1 Å². The van der Waals surface area contributed by atoms with E-state index in [0.29, 0.717) is 5.95 Å². The number of aromatic nitrogens is 4. The Morgan fingerprint density at radius 2 is 2.06 bits per heavy atom. The van der Waals surface area contributed by atoms with Crippen LogP contribution in [-0.4, -0.2) is 57.5 Å². The van der Waals surface area contributed by atoms with Crippen LogP contribution in [0.15, 0.2) is 66.6 Å². The molecule has 0 unspecified atom stereocenters. The van der Waals surface area contributed by atoms with Gasteiger partial charge in [0.05, 0.1) is 0 Å². The highest BCUT2D eigenvalue weighted by Crippen LogP contribution is 2.25. The molecular weight excluding hydrogens is 424 g/mol. The molecule has 4 rings (SSSR count). The summed E-state index contributed by atoms with van der Waals surface area (Å²) in [6.07, 6.45) is 20.1. The third kappa shape index (κ3) is 6.30. The van der Waals surface area contributed by atoms with E-state index in [0.717, 1.165) is 68.4 Å². The van der Waals surface area contributed by atoms with Crippen LogP contribution in [0.3, 0.4) is 0 Å². The normalized spacial score (nSPS) is 15.7. The minimum atomic E-state index is 0.666. The molecule has 32 heavy (non-hydrogen) atoms. The summed E-state index contributed by atoms with van der Waals surface area (Å²) in [5.41, 5.74) is 1.39. The lowest BCUT2D eigenvalue weighted by molar-refractivity contribution is 0.197. The molecule has 0 spiro atoms. The first kappa shape index (κ1) is 22.3. The molecule has 0 saturated carbocycles. The van der Waals surface area contributed by atoms with Gasteiger partial charge in [0, 0.05) is 56.9 Å². The SMILES string of the molecule is CN(CCCN(C)c1nc(-n2ccnc2)ns1)CCC1=COC=C(CC2=CC=CCC2)O1. The average molecular weight is 455 g/mol. The lowest BCUT2D eigenvalue weighted by Gasteiger charge is -2.22. The van der Waals surface area contributed by atoms with Crippen molar-refractivity contribution in [3.63, 3.8) is 0 Å². The molecule has 0 saturated heterocycles. The smallest absolute Gasteiger partial charge is 0.248 e. The van der Waals surface area contributed by atoms with Crippen LogP contribution >= 0.6 is 11.5 Å². The number of ether oxygens (including phenoxy) is 2. The molecule has 2 aromatic rings. The van der Waals surface area contributed by atoms with Crippen LogP contribution in [0.2, 0.25) is 0 Å². The van der Waals surface area contributed by atoms with Crippen molar-refractivity contribution < 1.29 is 9.47 Å². The van der Waals surface area contributed by atoms with Gasteiger partial charge >= 0.3 is 0 Å². The quantitative estimate of drug-likeness (QED) is 0.502. The van der Waals surface area contributed by atoms with E-state index in [-0.39, 0.29) is 0 Å². The number of allylic oxidation sites excluding steroid dienone is 4. The van der Waals surface area contributed by atoms with Crippen LogP contribution < -0.4 is 4.90 Å². The Morgan fingerprint density at radius 3 is 2.88 bits per heavy atom. The molecule has 0 radical (unpaired) electrons. The van der Waals surface area contributed by atoms with Crippen molar-refractivity contribution in [2.45, 2.75) is 32.1 Å². The Bertz CT molecular complexity index is 992. The molecule has 0 bridgehead atoms. The Morgan fingerprint density at radius 1 is 1.16 bits per heavy atom. The first-order valence-corrected chi connectivity index (χ1v) is 11.7. The van der Waals surface area contributed by atoms with Gasteiger partial charge in [-0.1, -0.05) is 23.8 Å². The van der Waals surface area contributed by atoms with E-state index in [2.05, 4.69) is 56.5 Å². The molecule has 1 aliphatic carbocycles. The van der Waals surface area contributed by atoms with Crippen molar-refractivity contribution in [3.05, 3.63) is 66.6 Å². The first-order chi connectivity index (χ1) is 15.7. The average Bonchev–Trinajstić information content (AvgIpc) is 3.51. The highest BCUT2D eigenvalue weighted by Gasteiger charge is 2.14. The zero-order valence-electron chi connectivity index (χ0n) is 18.7. The highest BCUT2D eigenvalue weighted by molar-refractivity contribution is 7.09. The zero-order chi connectivity index (χ0) is 22.2. The Kier molecular flexibility index (Phi) is 7.73. The maximum Gasteiger partial charge on any atom is 0.248 e. The van der Waals surface area contributed by atoms with E-state index in [1.807, 2.05) is 10.8 Å². The lowest BCUT2D eigenvalue weighted by atomic mass is 10.0. The number of anilines is 1. The van der Waals surface area contributed by atoms with Crippen LogP contribution in [0.1, 0.15) is 32.1 Å². The summed E-state index contributed by atoms with van der Waals surface area (Å²) in [5.74, 6) is 2.44. The largest absolute Gasteiger partial charge is 0.466 e. The fourth-order valence-corrected chi connectivity index (χ4v) is 4.20. The van der Waals surface area contributed by atoms with Gasteiger partial charge in [0.15, 0.2) is 0 Å². The van der Waals surface area contributed by atoms with Gasteiger partial charge in [-0.25, -0.2) is 4.98 Å². The van der Waals surface area contributed by atoms with Crippen molar-refractivity contribution in [1.82, 2.24) is 23.8 Å². The second kappa shape index (κ2) is 11.1. The molecular formula is C23H30N6O2S. The van der Waals surface area contributed by atoms with E-state index in [9.17, 15) is 0 Å². The van der Waals surface area contributed by atoms with Gasteiger partial charge in [-0.05, 0) is 32.9 Å². The number of hydrogen-bond acceptors (Lipinski definition) is 8. The van der Waals surface area contributed by atoms with Crippen LogP contribution in [0, 0.1) is 0 Å². The van der Waals surface area contributed by atoms with Crippen molar-refractivity contribution >= 4 is 16.7 Å². The van der Waals surface area contributed by atoms with Crippen molar-refractivity contribution in [2.24, 2.45) is 0 Å². The van der Waals surface area contributed by atoms with E-state index >= 15 is 0 Å². The molecule has 0 N–H and O–H groups in total. The van der Waals surface area contributed by atoms with Crippen LogP contribution in [-0.2, 0) is 9.47 Å². The molecule has 2 aromatic heterocycles. The lowest BCUT2D eigenvalue weighted by Crippen LogP contribution is -2.26. The maximum absolute atomic E-state index is 6.05. The number of nitrogens with zero attached hydrogens (tertiary/aromatic N) is 6. The Balaban J connectivity index is 1.14. The molecule has 0 amide bonds. The van der Waals surface area contributed by atoms with Crippen LogP contribution in [0.5, 0.6) is 0 Å². The van der Waals surface area contributed by atoms with Gasteiger partial charge in [0.25, 0.3) is 0 Å². The summed E-state index contributed by atoms with van der Waals surface area (Å²) in [7, 11) is 4.20. The summed E-state index contributed by atoms with van der Waals surface area (Å²) in [4.78, 5) is 13.1. The number of hydrogen-bond donors (Lipinski definition) is 0. The summed E-state index contributed by atoms with van der Waals surface area (Å²) >= 11 is 1.41. The predicted molar refractivity (Wildman–Crippen MR) is 126 cm³/mol. The minimum absolute atomic E-state index is 0.666. The summed E-state index contributed by atoms with van der Waals surface area (Å²) in [6.45, 7) is 2.83. The molecule has 1 aliphatic heterocycles. The molecule has 0 atom stereocenters. The van der Waals surface area contributed by atoms with Crippen molar-refractivity contribution in [2.75, 3.05) is 38.6 Å². The third-order valence-electron chi connectivity index (χ3n) is 5.40. The molecule has 0 fully saturated rings. The third-order valence-corrected chi connectivity index (χ3v) is 6.22. The van der Waals surface area contributed by atoms with Crippen molar-refractivity contribution in [3.8, 4) is 5.95 Å². The van der Waals surface area contributed by atoms with Gasteiger partial charge < -0.3 is 19.3 Å². The van der Waals surface area contributed by atoms with Gasteiger partial charge in [0.1, 0.15) is 30.4 Å². The summed E-state index contributed by atoms with van der Waals surface area (Å²) in [5, 5.41) is 0.914. The van der Waals surface area contributed by atoms with Crippen LogP contribution in [0.4, 0.5) is 5.13 Å². The van der Waals surface area contributed by atoms with E-state index in [1.165, 1.54) is 17.1 Å². The fourth-order valence-electron chi connectivity index (χ4n) is 3.55. The standard InChI is InChI=1S/C23H30N6O2S/c1-27(11-6-12-28(2)23-25-22(26-32-23)29-14-10-24-18-29)13-9-20-16-30-17-21(31-20)15-19-7-4-3-5-8-19/h3-4,7,10,14,16-18H,5-6,8-9,11-13,15H2,1-2H3. The number of imidazole rings is 1. The molecule has 8 nitrogen and oxygen atoms in total. The molecule has 170 valence electrons. The zero-order valence-corrected chi connectivity index (χ0v) is 19.5. The summed E-state index contributed by atoms with van der Waals surface area (Å²) in [6, 6.07) is 0. The molecule has 2 aliphatic rings. The monoisotopic (exact) mass is 454 g/mol. The maximum atomic E-state index is 6.05. The molecule has 3 heterocycles. The van der Waals surface area contributed by atoms with E-state index in [4.69, 9.17) is 9.47 Å². The van der Waals surface area contributed by atoms with Gasteiger partial charge in [-0.15, -0.1) is 0 Å². The van der Waals surface area contributed by atoms with E-state index < -0.39 is 0 Å². The van der Waals surface area contributed by atoms with Gasteiger partial charge in [-0.2, -0.15) is 9.36 Å². The highest BCUT2D eigenvalue weighted by atomic mass is 32.1. The molecule has 9 heteroatoms. The van der Waals surface area contributed by atoms with Gasteiger partial charge in [-0.3, -0.25) is 4.57 Å². The first-order valence-electron chi connectivity index (χ1n) is 10.9. The van der Waals surface area contributed by atoms with Crippen LogP contribution in [0.25, 0.3) is 5.95 Å². The Labute approximate surface area is 193 Å². The second-order valence-corrected chi connectivity index (χ2v) is 8.78. The van der Waals surface area contributed by atoms with Crippen molar-refractivity contribution in [1.29, 1.82) is 0 Å². The molecule has 0 aromatic carbocycles.